The van der Waals surface area contributed by atoms with E-state index in [-0.39, 0.29) is 34.9 Å². The Morgan fingerprint density at radius 3 is 1.62 bits per heavy atom. The quantitative estimate of drug-likeness (QED) is 0.158. The third-order valence-corrected chi connectivity index (χ3v) is 13.0. The van der Waals surface area contributed by atoms with E-state index in [1.165, 1.54) is 55.6 Å². The van der Waals surface area contributed by atoms with E-state index in [1.54, 1.807) is 0 Å². The molecule has 2 atom stereocenters. The van der Waals surface area contributed by atoms with Gasteiger partial charge in [-0.3, -0.25) is 0 Å². The number of benzene rings is 6. The maximum Gasteiger partial charge on any atom is 0.260 e. The molecule has 0 saturated heterocycles. The lowest BCUT2D eigenvalue weighted by molar-refractivity contribution is 0.391. The molecular formula is C51H44BNO2. The summed E-state index contributed by atoms with van der Waals surface area (Å²) in [6.45, 7) is 13.7. The van der Waals surface area contributed by atoms with Gasteiger partial charge in [0.1, 0.15) is 23.0 Å². The molecular weight excluding hydrogens is 669 g/mol. The van der Waals surface area contributed by atoms with Gasteiger partial charge in [-0.25, -0.2) is 0 Å². The lowest BCUT2D eigenvalue weighted by atomic mass is 9.34. The second-order valence-corrected chi connectivity index (χ2v) is 18.1. The molecule has 0 fully saturated rings. The number of hydrogen-bond donors (Lipinski definition) is 0. The molecule has 55 heavy (non-hydrogen) atoms. The number of rotatable bonds is 1. The normalized spacial score (nSPS) is 18.9. The minimum absolute atomic E-state index is 0.00110. The first-order valence-electron chi connectivity index (χ1n) is 19.8. The van der Waals surface area contributed by atoms with Crippen molar-refractivity contribution in [1.29, 1.82) is 0 Å². The van der Waals surface area contributed by atoms with Crippen LogP contribution in [0.1, 0.15) is 69.4 Å². The zero-order valence-electron chi connectivity index (χ0n) is 32.4. The van der Waals surface area contributed by atoms with Crippen LogP contribution in [0.3, 0.4) is 0 Å². The van der Waals surface area contributed by atoms with Gasteiger partial charge in [0, 0.05) is 34.9 Å². The van der Waals surface area contributed by atoms with E-state index in [1.807, 2.05) is 0 Å². The van der Waals surface area contributed by atoms with Crippen LogP contribution in [-0.2, 0) is 16.2 Å². The molecule has 0 bridgehead atoms. The van der Waals surface area contributed by atoms with Gasteiger partial charge < -0.3 is 14.4 Å². The fourth-order valence-electron chi connectivity index (χ4n) is 10.4. The van der Waals surface area contributed by atoms with Crippen LogP contribution in [0.2, 0.25) is 0 Å². The van der Waals surface area contributed by atoms with Crippen molar-refractivity contribution in [2.75, 3.05) is 4.90 Å². The summed E-state index contributed by atoms with van der Waals surface area (Å²) >= 11 is 0. The second-order valence-electron chi connectivity index (χ2n) is 18.1. The third kappa shape index (κ3) is 4.46. The van der Waals surface area contributed by atoms with Crippen LogP contribution < -0.4 is 30.8 Å². The Balaban J connectivity index is 1.14. The number of nitrogens with zero attached hydrogens (tertiary/aromatic N) is 1. The van der Waals surface area contributed by atoms with Crippen LogP contribution in [0.25, 0.3) is 11.1 Å². The summed E-state index contributed by atoms with van der Waals surface area (Å²) < 4.78 is 14.0. The maximum absolute atomic E-state index is 7.01. The smallest absolute Gasteiger partial charge is 0.260 e. The van der Waals surface area contributed by atoms with E-state index in [4.69, 9.17) is 9.47 Å². The minimum atomic E-state index is -0.347. The summed E-state index contributed by atoms with van der Waals surface area (Å²) in [6, 6.07) is 45.4. The van der Waals surface area contributed by atoms with Crippen molar-refractivity contribution < 1.29 is 9.47 Å². The molecule has 3 nitrogen and oxygen atoms in total. The van der Waals surface area contributed by atoms with Crippen LogP contribution >= 0.6 is 0 Å². The van der Waals surface area contributed by atoms with Crippen molar-refractivity contribution in [3.8, 4) is 34.1 Å². The number of anilines is 2. The highest BCUT2D eigenvalue weighted by Crippen LogP contribution is 2.63. The van der Waals surface area contributed by atoms with Gasteiger partial charge >= 0.3 is 0 Å². The molecule has 4 heteroatoms. The largest absolute Gasteiger partial charge is 0.458 e. The first-order chi connectivity index (χ1) is 26.5. The van der Waals surface area contributed by atoms with Gasteiger partial charge in [0.2, 0.25) is 0 Å². The Labute approximate surface area is 325 Å². The number of fused-ring (bicyclic) bond motifs is 13. The fraction of sp³-hybridized carbons (Fsp3) is 0.216. The Bertz CT molecular complexity index is 2540. The van der Waals surface area contributed by atoms with Gasteiger partial charge in [-0.2, -0.15) is 0 Å². The van der Waals surface area contributed by atoms with E-state index in [0.717, 1.165) is 34.1 Å². The number of hydrogen-bond acceptors (Lipinski definition) is 3. The lowest BCUT2D eigenvalue weighted by Gasteiger charge is -2.53. The highest BCUT2D eigenvalue weighted by molar-refractivity contribution is 6.98. The maximum atomic E-state index is 7.01. The molecule has 2 unspecified atom stereocenters. The van der Waals surface area contributed by atoms with E-state index in [9.17, 15) is 0 Å². The van der Waals surface area contributed by atoms with Gasteiger partial charge in [0.25, 0.3) is 6.71 Å². The van der Waals surface area contributed by atoms with Crippen molar-refractivity contribution in [2.45, 2.75) is 63.8 Å². The first-order valence-corrected chi connectivity index (χ1v) is 19.8. The molecule has 0 saturated carbocycles. The summed E-state index contributed by atoms with van der Waals surface area (Å²) in [7, 11) is 0. The summed E-state index contributed by atoms with van der Waals surface area (Å²) in [6.07, 6.45) is 9.32. The second kappa shape index (κ2) is 11.2. The standard InChI is InChI=1S/C51H44BNO2/c1-49(2,3)31-23-25-44-40(27-31)52-41-28-32(50(4,5)6)24-26-45(41)55-47-30-33(29-46(54-44)48(47)52)53-42-21-13-11-19-38(42)51(39-20-12-14-22-43(39)53)36-17-9-7-15-34(36)35-16-8-10-18-37(35)51/h7-30,38,42H,1-6H3. The summed E-state index contributed by atoms with van der Waals surface area (Å²) in [5.41, 5.74) is 14.8. The fourth-order valence-corrected chi connectivity index (χ4v) is 10.4. The average Bonchev–Trinajstić information content (AvgIpc) is 3.47. The van der Waals surface area contributed by atoms with Gasteiger partial charge in [-0.1, -0.05) is 157 Å². The van der Waals surface area contributed by atoms with Gasteiger partial charge in [0.05, 0.1) is 11.5 Å². The molecule has 6 aromatic rings. The minimum Gasteiger partial charge on any atom is -0.458 e. The molecule has 6 aromatic carbocycles. The molecule has 0 aromatic heterocycles. The van der Waals surface area contributed by atoms with Crippen LogP contribution in [-0.4, -0.2) is 12.8 Å². The number of ether oxygens (including phenoxy) is 2. The Kier molecular flexibility index (Phi) is 6.63. The monoisotopic (exact) mass is 713 g/mol. The molecule has 5 aliphatic rings. The molecule has 0 N–H and O–H groups in total. The third-order valence-electron chi connectivity index (χ3n) is 13.0. The predicted octanol–water partition coefficient (Wildman–Crippen LogP) is 10.6. The molecule has 3 aliphatic heterocycles. The van der Waals surface area contributed by atoms with Crippen LogP contribution in [0.4, 0.5) is 11.4 Å². The predicted molar refractivity (Wildman–Crippen MR) is 227 cm³/mol. The zero-order valence-corrected chi connectivity index (χ0v) is 32.4. The summed E-state index contributed by atoms with van der Waals surface area (Å²) in [5.74, 6) is 3.69. The van der Waals surface area contributed by atoms with E-state index in [2.05, 4.69) is 192 Å². The van der Waals surface area contributed by atoms with Gasteiger partial charge in [-0.15, -0.1) is 0 Å². The summed E-state index contributed by atoms with van der Waals surface area (Å²) in [4.78, 5) is 2.55. The van der Waals surface area contributed by atoms with Crippen molar-refractivity contribution in [3.63, 3.8) is 0 Å². The number of allylic oxidation sites excluding steroid dienone is 2. The Morgan fingerprint density at radius 2 is 1.05 bits per heavy atom. The van der Waals surface area contributed by atoms with Gasteiger partial charge in [0.15, 0.2) is 0 Å². The molecule has 0 radical (unpaired) electrons. The Hall–Kier alpha value is -5.74. The molecule has 268 valence electrons. The Morgan fingerprint density at radius 1 is 0.545 bits per heavy atom. The van der Waals surface area contributed by atoms with Crippen molar-refractivity contribution in [3.05, 3.63) is 173 Å². The van der Waals surface area contributed by atoms with E-state index < -0.39 is 0 Å². The molecule has 1 spiro atoms. The van der Waals surface area contributed by atoms with Crippen molar-refractivity contribution in [1.82, 2.24) is 0 Å². The van der Waals surface area contributed by atoms with Crippen molar-refractivity contribution >= 4 is 34.5 Å². The SMILES string of the molecule is CC(C)(C)c1ccc2c(c1)B1c3cc(C(C)(C)C)ccc3Oc3cc(N4c5ccccc5C5(c6ccccc6-c6ccccc65)C5C=CC=CC54)cc(c31)O2. The highest BCUT2D eigenvalue weighted by atomic mass is 16.5. The van der Waals surface area contributed by atoms with Gasteiger partial charge in [-0.05, 0) is 78.9 Å². The van der Waals surface area contributed by atoms with Crippen molar-refractivity contribution in [2.24, 2.45) is 5.92 Å². The molecule has 11 rings (SSSR count). The molecule has 2 aliphatic carbocycles. The zero-order chi connectivity index (χ0) is 37.4. The highest BCUT2D eigenvalue weighted by Gasteiger charge is 2.57. The number of para-hydroxylation sites is 1. The van der Waals surface area contributed by atoms with E-state index in [0.29, 0.717) is 0 Å². The van der Waals surface area contributed by atoms with Crippen LogP contribution in [0, 0.1) is 5.92 Å². The molecule has 0 amide bonds. The topological polar surface area (TPSA) is 21.7 Å². The molecule has 3 heterocycles. The lowest BCUT2D eigenvalue weighted by Crippen LogP contribution is -2.58. The van der Waals surface area contributed by atoms with Crippen LogP contribution in [0.5, 0.6) is 23.0 Å². The average molecular weight is 714 g/mol. The summed E-state index contributed by atoms with van der Waals surface area (Å²) in [5, 5.41) is 0. The van der Waals surface area contributed by atoms with Crippen LogP contribution in [0.15, 0.2) is 146 Å². The van der Waals surface area contributed by atoms with E-state index >= 15 is 0 Å². The first kappa shape index (κ1) is 32.7.